The molecule has 0 aliphatic carbocycles. The number of nitro benzene ring substituents is 1. The van der Waals surface area contributed by atoms with E-state index < -0.39 is 79.5 Å². The fourth-order valence-electron chi connectivity index (χ4n) is 3.65. The van der Waals surface area contributed by atoms with Crippen LogP contribution in [-0.4, -0.2) is 67.4 Å². The number of hydrogen-bond acceptors (Lipinski definition) is 13. The normalized spacial score (nSPS) is 23.1. The molecule has 19 heteroatoms. The van der Waals surface area contributed by atoms with E-state index >= 15 is 0 Å². The quantitative estimate of drug-likeness (QED) is 0.136. The Kier molecular flexibility index (Phi) is 9.89. The molecule has 1 aromatic heterocycles. The lowest BCUT2D eigenvalue weighted by Crippen LogP contribution is -2.42. The Morgan fingerprint density at radius 1 is 1.32 bits per heavy atom. The number of nitro groups is 1. The van der Waals surface area contributed by atoms with Gasteiger partial charge in [-0.15, -0.1) is 0 Å². The van der Waals surface area contributed by atoms with E-state index in [-0.39, 0.29) is 5.69 Å². The van der Waals surface area contributed by atoms with Gasteiger partial charge in [0.05, 0.1) is 23.7 Å². The number of non-ortho nitro benzene ring substituents is 1. The summed E-state index contributed by atoms with van der Waals surface area (Å²) in [6.07, 6.45) is -7.65. The minimum absolute atomic E-state index is 0.211. The number of halogens is 2. The molecule has 0 amide bonds. The van der Waals surface area contributed by atoms with Crippen LogP contribution in [0.1, 0.15) is 45.6 Å². The third-order valence-corrected chi connectivity index (χ3v) is 7.50. The molecular weight excluding hydrogens is 577 g/mol. The lowest BCUT2D eigenvalue weighted by Gasteiger charge is -2.27. The van der Waals surface area contributed by atoms with Crippen molar-refractivity contribution in [1.82, 2.24) is 19.6 Å². The molecule has 0 spiro atoms. The van der Waals surface area contributed by atoms with E-state index in [1.165, 1.54) is 38.1 Å². The van der Waals surface area contributed by atoms with Gasteiger partial charge >= 0.3 is 25.3 Å². The summed E-state index contributed by atoms with van der Waals surface area (Å²) >= 11 is 0. The van der Waals surface area contributed by atoms with E-state index in [0.29, 0.717) is 16.5 Å². The lowest BCUT2D eigenvalue weighted by atomic mass is 10.1. The number of nitrogens with zero attached hydrogens (tertiary/aromatic N) is 4. The number of nitrogens with one attached hydrogen (secondary N) is 1. The average molecular weight is 606 g/mol. The molecule has 6 atom stereocenters. The van der Waals surface area contributed by atoms with Gasteiger partial charge in [-0.2, -0.15) is 13.8 Å². The summed E-state index contributed by atoms with van der Waals surface area (Å²) in [5.74, 6) is -5.35. The van der Waals surface area contributed by atoms with Crippen LogP contribution in [0.4, 0.5) is 20.4 Å². The minimum Gasteiger partial charge on any atom is -0.462 e. The molecule has 16 nitrogen and oxygen atoms in total. The van der Waals surface area contributed by atoms with Crippen LogP contribution in [0.25, 0.3) is 0 Å². The Morgan fingerprint density at radius 3 is 2.51 bits per heavy atom. The molecule has 1 aliphatic heterocycles. The Morgan fingerprint density at radius 2 is 1.95 bits per heavy atom. The molecule has 2 heterocycles. The maximum absolute atomic E-state index is 14.9. The molecule has 0 bridgehead atoms. The summed E-state index contributed by atoms with van der Waals surface area (Å²) in [5.41, 5.74) is 4.18. The van der Waals surface area contributed by atoms with Crippen LogP contribution < -0.4 is 16.5 Å². The average Bonchev–Trinajstić information content (AvgIpc) is 3.10. The lowest BCUT2D eigenvalue weighted by molar-refractivity contribution is -0.384. The van der Waals surface area contributed by atoms with Crippen LogP contribution in [0.2, 0.25) is 0 Å². The minimum atomic E-state index is -4.58. The number of hydrogen-bond donors (Lipinski definition) is 3. The second kappa shape index (κ2) is 12.6. The van der Waals surface area contributed by atoms with E-state index in [0.717, 1.165) is 0 Å². The predicted octanol–water partition coefficient (Wildman–Crippen LogP) is 1.85. The van der Waals surface area contributed by atoms with E-state index in [9.17, 15) is 38.2 Å². The van der Waals surface area contributed by atoms with E-state index in [1.807, 2.05) is 0 Å². The van der Waals surface area contributed by atoms with Crippen molar-refractivity contribution in [1.29, 1.82) is 0 Å². The molecule has 0 saturated carbocycles. The highest BCUT2D eigenvalue weighted by Crippen LogP contribution is 2.50. The number of esters is 1. The van der Waals surface area contributed by atoms with Crippen molar-refractivity contribution >= 4 is 25.4 Å². The van der Waals surface area contributed by atoms with Crippen LogP contribution in [0.15, 0.2) is 35.4 Å². The zero-order valence-electron chi connectivity index (χ0n) is 22.2. The van der Waals surface area contributed by atoms with Crippen LogP contribution in [-0.2, 0) is 27.9 Å². The Labute approximate surface area is 231 Å². The first kappa shape index (κ1) is 32.1. The topological polar surface area (TPSA) is 220 Å². The summed E-state index contributed by atoms with van der Waals surface area (Å²) in [4.78, 5) is 41.5. The maximum Gasteiger partial charge on any atom is 0.406 e. The van der Waals surface area contributed by atoms with Crippen LogP contribution in [0.3, 0.4) is 0 Å². The first-order valence-corrected chi connectivity index (χ1v) is 13.7. The number of benzene rings is 1. The van der Waals surface area contributed by atoms with Gasteiger partial charge in [0.25, 0.3) is 5.69 Å². The zero-order valence-corrected chi connectivity index (χ0v) is 23.1. The molecule has 4 N–H and O–H groups in total. The maximum atomic E-state index is 14.9. The van der Waals surface area contributed by atoms with Crippen LogP contribution in [0, 0.1) is 10.1 Å². The monoisotopic (exact) mass is 606 g/mol. The number of aliphatic hydroxyl groups is 1. The molecule has 1 aliphatic rings. The summed E-state index contributed by atoms with van der Waals surface area (Å²) in [5, 5.41) is 23.6. The molecule has 3 rings (SSSR count). The number of carbonyl (C=O) groups excluding carboxylic acids is 1. The first-order valence-electron chi connectivity index (χ1n) is 12.1. The highest BCUT2D eigenvalue weighted by molar-refractivity contribution is 7.51. The molecule has 1 fully saturated rings. The number of carbonyl (C=O) groups is 1. The second-order valence-corrected chi connectivity index (χ2v) is 11.0. The molecular formula is C22H29F2N6O10P. The van der Waals surface area contributed by atoms with Crippen molar-refractivity contribution in [3.8, 4) is 0 Å². The van der Waals surface area contributed by atoms with Crippen molar-refractivity contribution in [2.75, 3.05) is 12.3 Å². The predicted molar refractivity (Wildman–Crippen MR) is 136 cm³/mol. The molecule has 1 aromatic carbocycles. The van der Waals surface area contributed by atoms with Crippen molar-refractivity contribution in [3.63, 3.8) is 0 Å². The molecule has 3 unspecified atom stereocenters. The van der Waals surface area contributed by atoms with Gasteiger partial charge in [0.2, 0.25) is 12.2 Å². The largest absolute Gasteiger partial charge is 0.462 e. The van der Waals surface area contributed by atoms with Crippen molar-refractivity contribution in [2.45, 2.75) is 70.3 Å². The van der Waals surface area contributed by atoms with Gasteiger partial charge in [0, 0.05) is 12.1 Å². The fraction of sp³-hybridized carbons (Fsp3) is 0.545. The van der Waals surface area contributed by atoms with E-state index in [2.05, 4.69) is 15.1 Å². The van der Waals surface area contributed by atoms with Gasteiger partial charge in [0.15, 0.2) is 6.10 Å². The fourth-order valence-corrected chi connectivity index (χ4v) is 5.31. The molecule has 0 radical (unpaired) electrons. The first-order chi connectivity index (χ1) is 19.0. The van der Waals surface area contributed by atoms with Crippen LogP contribution >= 0.6 is 7.75 Å². The zero-order chi connectivity index (χ0) is 30.7. The van der Waals surface area contributed by atoms with Crippen molar-refractivity contribution < 1.29 is 46.7 Å². The Balaban J connectivity index is 1.82. The third-order valence-electron chi connectivity index (χ3n) is 5.71. The second-order valence-electron chi connectivity index (χ2n) is 9.28. The van der Waals surface area contributed by atoms with Crippen LogP contribution in [0.5, 0.6) is 0 Å². The number of nitrogens with two attached hydrogens (primary N) is 1. The van der Waals surface area contributed by atoms with Gasteiger partial charge in [0.1, 0.15) is 18.5 Å². The molecule has 226 valence electrons. The van der Waals surface area contributed by atoms with Gasteiger partial charge < -0.3 is 20.3 Å². The highest BCUT2D eigenvalue weighted by Gasteiger charge is 2.60. The van der Waals surface area contributed by atoms with Gasteiger partial charge in [-0.3, -0.25) is 24.0 Å². The standard InChI is InChI=1S/C22H29F2N6O10P/c1-11(2)38-18(32)12(3)28-41(36,40-13(4)14-5-7-15(8-6-14)30(34)35)37-9-16-17(31)22(23,24)19(39-16)29-10-26-20(25)27-21(29)33/h5-8,10-13,16-17,19,31H,9H2,1-4H3,(H,28,36)(H2,25,27,33)/t12-,13?,16+,17?,19+,41?/m0/s1. The van der Waals surface area contributed by atoms with Crippen molar-refractivity contribution in [3.05, 3.63) is 56.8 Å². The summed E-state index contributed by atoms with van der Waals surface area (Å²) < 4.78 is 65.0. The summed E-state index contributed by atoms with van der Waals surface area (Å²) in [6.45, 7) is 4.93. The highest BCUT2D eigenvalue weighted by atomic mass is 31.2. The SMILES string of the molecule is CC(C)OC(=O)[C@H](C)NP(=O)(OC[C@H]1O[C@@H](n2cnc(N)nc2=O)C(F)(F)C1O)OC(C)c1ccc([N+](=O)[O-])cc1. The Hall–Kier alpha value is -3.41. The van der Waals surface area contributed by atoms with Crippen molar-refractivity contribution in [2.24, 2.45) is 0 Å². The number of anilines is 1. The number of aromatic nitrogens is 3. The number of alkyl halides is 2. The van der Waals surface area contributed by atoms with E-state index in [4.69, 9.17) is 24.3 Å². The smallest absolute Gasteiger partial charge is 0.406 e. The number of rotatable bonds is 12. The number of aliphatic hydroxyl groups excluding tert-OH is 1. The molecule has 2 aromatic rings. The third kappa shape index (κ3) is 7.66. The van der Waals surface area contributed by atoms with E-state index in [1.54, 1.807) is 13.8 Å². The summed E-state index contributed by atoms with van der Waals surface area (Å²) in [7, 11) is -4.58. The molecule has 1 saturated heterocycles. The Bertz CT molecular complexity index is 1360. The number of nitrogen functional groups attached to an aromatic ring is 1. The van der Waals surface area contributed by atoms with Gasteiger partial charge in [-0.05, 0) is 45.4 Å². The van der Waals surface area contributed by atoms with Gasteiger partial charge in [-0.1, -0.05) is 0 Å². The number of ether oxygens (including phenoxy) is 2. The van der Waals surface area contributed by atoms with Gasteiger partial charge in [-0.25, -0.2) is 24.0 Å². The summed E-state index contributed by atoms with van der Waals surface area (Å²) in [6, 6.07) is 3.77. The molecule has 41 heavy (non-hydrogen) atoms.